The van der Waals surface area contributed by atoms with Gasteiger partial charge in [-0.15, -0.1) is 0 Å². The molecular formula is C15H20N6O. The van der Waals surface area contributed by atoms with Gasteiger partial charge < -0.3 is 10.2 Å². The Balaban J connectivity index is 1.54. The highest BCUT2D eigenvalue weighted by atomic mass is 16.2. The topological polar surface area (TPSA) is 75.9 Å². The molecule has 116 valence electrons. The zero-order valence-electron chi connectivity index (χ0n) is 12.5. The predicted molar refractivity (Wildman–Crippen MR) is 82.2 cm³/mol. The van der Waals surface area contributed by atoms with Crippen molar-refractivity contribution in [1.82, 2.24) is 25.1 Å². The molecule has 0 spiro atoms. The van der Waals surface area contributed by atoms with E-state index in [4.69, 9.17) is 0 Å². The Labute approximate surface area is 129 Å². The van der Waals surface area contributed by atoms with Gasteiger partial charge >= 0.3 is 0 Å². The third-order valence-corrected chi connectivity index (χ3v) is 3.68. The number of amides is 1. The lowest BCUT2D eigenvalue weighted by Crippen LogP contribution is -2.31. The molecule has 0 unspecified atom stereocenters. The van der Waals surface area contributed by atoms with Crippen molar-refractivity contribution in [3.8, 4) is 0 Å². The molecule has 3 rings (SSSR count). The smallest absolute Gasteiger partial charge is 0.242 e. The van der Waals surface area contributed by atoms with Crippen molar-refractivity contribution in [2.24, 2.45) is 0 Å². The van der Waals surface area contributed by atoms with Crippen LogP contribution in [-0.4, -0.2) is 38.7 Å². The highest BCUT2D eigenvalue weighted by Gasteiger charge is 2.13. The fourth-order valence-corrected chi connectivity index (χ4v) is 2.55. The summed E-state index contributed by atoms with van der Waals surface area (Å²) in [6, 6.07) is 3.72. The van der Waals surface area contributed by atoms with E-state index < -0.39 is 0 Å². The van der Waals surface area contributed by atoms with Crippen molar-refractivity contribution in [3.63, 3.8) is 0 Å². The molecule has 2 aromatic rings. The lowest BCUT2D eigenvalue weighted by Gasteiger charge is -2.27. The number of anilines is 1. The van der Waals surface area contributed by atoms with Gasteiger partial charge in [-0.3, -0.25) is 9.48 Å². The van der Waals surface area contributed by atoms with Crippen molar-refractivity contribution in [2.75, 3.05) is 18.0 Å². The van der Waals surface area contributed by atoms with E-state index in [1.807, 2.05) is 6.07 Å². The molecule has 0 aliphatic carbocycles. The van der Waals surface area contributed by atoms with Gasteiger partial charge in [-0.1, -0.05) is 0 Å². The van der Waals surface area contributed by atoms with E-state index in [1.165, 1.54) is 19.3 Å². The molecule has 2 aromatic heterocycles. The maximum atomic E-state index is 11.8. The first-order valence-corrected chi connectivity index (χ1v) is 7.62. The second-order valence-corrected chi connectivity index (χ2v) is 5.36. The summed E-state index contributed by atoms with van der Waals surface area (Å²) in [7, 11) is 0. The number of hydrogen-bond acceptors (Lipinski definition) is 5. The van der Waals surface area contributed by atoms with Crippen LogP contribution in [0.4, 0.5) is 5.82 Å². The van der Waals surface area contributed by atoms with Crippen LogP contribution >= 0.6 is 0 Å². The molecule has 3 heterocycles. The average molecular weight is 300 g/mol. The lowest BCUT2D eigenvalue weighted by atomic mass is 10.1. The Morgan fingerprint density at radius 2 is 2.09 bits per heavy atom. The molecule has 7 nitrogen and oxygen atoms in total. The van der Waals surface area contributed by atoms with Crippen molar-refractivity contribution in [1.29, 1.82) is 0 Å². The quantitative estimate of drug-likeness (QED) is 0.891. The predicted octanol–water partition coefficient (Wildman–Crippen LogP) is 0.980. The summed E-state index contributed by atoms with van der Waals surface area (Å²) in [6.07, 6.45) is 8.87. The molecule has 0 saturated carbocycles. The zero-order valence-corrected chi connectivity index (χ0v) is 12.5. The summed E-state index contributed by atoms with van der Waals surface area (Å²) in [5.41, 5.74) is 0. The van der Waals surface area contributed by atoms with Crippen LogP contribution in [0.5, 0.6) is 0 Å². The van der Waals surface area contributed by atoms with Gasteiger partial charge in [-0.2, -0.15) is 5.10 Å². The fourth-order valence-electron chi connectivity index (χ4n) is 2.55. The zero-order chi connectivity index (χ0) is 15.2. The molecule has 0 radical (unpaired) electrons. The Hall–Kier alpha value is -2.44. The number of nitrogens with zero attached hydrogens (tertiary/aromatic N) is 5. The second-order valence-electron chi connectivity index (χ2n) is 5.36. The first kappa shape index (κ1) is 14.5. The molecule has 1 N–H and O–H groups in total. The summed E-state index contributed by atoms with van der Waals surface area (Å²) < 4.78 is 1.58. The molecule has 1 aliphatic rings. The molecule has 1 aliphatic heterocycles. The number of hydrogen-bond donors (Lipinski definition) is 1. The van der Waals surface area contributed by atoms with Gasteiger partial charge in [0.05, 0.1) is 6.54 Å². The minimum absolute atomic E-state index is 0.101. The third-order valence-electron chi connectivity index (χ3n) is 3.68. The highest BCUT2D eigenvalue weighted by Crippen LogP contribution is 2.16. The Morgan fingerprint density at radius 3 is 2.86 bits per heavy atom. The van der Waals surface area contributed by atoms with Crippen molar-refractivity contribution in [2.45, 2.75) is 32.4 Å². The Bertz CT molecular complexity index is 606. The number of nitrogens with one attached hydrogen (secondary N) is 1. The van der Waals surface area contributed by atoms with E-state index in [9.17, 15) is 4.79 Å². The summed E-state index contributed by atoms with van der Waals surface area (Å²) in [5.74, 6) is 1.48. The SMILES string of the molecule is O=C(Cn1cccn1)NCc1nccc(N2CCCCC2)n1. The van der Waals surface area contributed by atoms with Crippen LogP contribution in [-0.2, 0) is 17.9 Å². The molecule has 1 fully saturated rings. The fraction of sp³-hybridized carbons (Fsp3) is 0.467. The van der Waals surface area contributed by atoms with E-state index in [-0.39, 0.29) is 12.5 Å². The molecule has 22 heavy (non-hydrogen) atoms. The van der Waals surface area contributed by atoms with Crippen LogP contribution in [0.2, 0.25) is 0 Å². The summed E-state index contributed by atoms with van der Waals surface area (Å²) in [5, 5.41) is 6.83. The average Bonchev–Trinajstić information content (AvgIpc) is 3.07. The first-order chi connectivity index (χ1) is 10.8. The molecule has 1 amide bonds. The molecule has 1 saturated heterocycles. The highest BCUT2D eigenvalue weighted by molar-refractivity contribution is 5.75. The van der Waals surface area contributed by atoms with E-state index in [1.54, 1.807) is 29.3 Å². The molecular weight excluding hydrogens is 280 g/mol. The summed E-state index contributed by atoms with van der Waals surface area (Å²) in [4.78, 5) is 22.9. The lowest BCUT2D eigenvalue weighted by molar-refractivity contribution is -0.122. The van der Waals surface area contributed by atoms with Gasteiger partial charge in [0.25, 0.3) is 0 Å². The van der Waals surface area contributed by atoms with Crippen molar-refractivity contribution >= 4 is 11.7 Å². The van der Waals surface area contributed by atoms with Crippen LogP contribution in [0, 0.1) is 0 Å². The number of carbonyl (C=O) groups is 1. The van der Waals surface area contributed by atoms with Crippen molar-refractivity contribution in [3.05, 3.63) is 36.5 Å². The number of rotatable bonds is 5. The van der Waals surface area contributed by atoms with Gasteiger partial charge in [0.2, 0.25) is 5.91 Å². The van der Waals surface area contributed by atoms with Gasteiger partial charge in [-0.05, 0) is 31.4 Å². The minimum Gasteiger partial charge on any atom is -0.357 e. The van der Waals surface area contributed by atoms with Crippen LogP contribution < -0.4 is 10.2 Å². The van der Waals surface area contributed by atoms with Crippen LogP contribution in [0.1, 0.15) is 25.1 Å². The second kappa shape index (κ2) is 7.02. The van der Waals surface area contributed by atoms with Gasteiger partial charge in [0.15, 0.2) is 0 Å². The standard InChI is InChI=1S/C15H20N6O/c22-15(12-21-10-4-6-18-21)17-11-13-16-7-5-14(19-13)20-8-2-1-3-9-20/h4-7,10H,1-3,8-9,11-12H2,(H,17,22). The van der Waals surface area contributed by atoms with Gasteiger partial charge in [-0.25, -0.2) is 9.97 Å². The van der Waals surface area contributed by atoms with Gasteiger partial charge in [0, 0.05) is 31.7 Å². The number of piperidine rings is 1. The van der Waals surface area contributed by atoms with Crippen molar-refractivity contribution < 1.29 is 4.79 Å². The van der Waals surface area contributed by atoms with Crippen LogP contribution in [0.3, 0.4) is 0 Å². The van der Waals surface area contributed by atoms with Crippen LogP contribution in [0.25, 0.3) is 0 Å². The first-order valence-electron chi connectivity index (χ1n) is 7.62. The normalized spacial score (nSPS) is 14.8. The Kier molecular flexibility index (Phi) is 4.62. The minimum atomic E-state index is -0.101. The number of carbonyl (C=O) groups excluding carboxylic acids is 1. The summed E-state index contributed by atoms with van der Waals surface area (Å²) in [6.45, 7) is 2.63. The molecule has 0 bridgehead atoms. The molecule has 0 aromatic carbocycles. The third kappa shape index (κ3) is 3.81. The number of aromatic nitrogens is 4. The maximum absolute atomic E-state index is 11.8. The summed E-state index contributed by atoms with van der Waals surface area (Å²) >= 11 is 0. The molecule has 7 heteroatoms. The van der Waals surface area contributed by atoms with E-state index in [0.29, 0.717) is 12.4 Å². The maximum Gasteiger partial charge on any atom is 0.242 e. The van der Waals surface area contributed by atoms with E-state index in [0.717, 1.165) is 18.9 Å². The molecule has 0 atom stereocenters. The largest absolute Gasteiger partial charge is 0.357 e. The monoisotopic (exact) mass is 300 g/mol. The van der Waals surface area contributed by atoms with Gasteiger partial charge in [0.1, 0.15) is 18.2 Å². The van der Waals surface area contributed by atoms with E-state index >= 15 is 0 Å². The Morgan fingerprint density at radius 1 is 1.23 bits per heavy atom. The van der Waals surface area contributed by atoms with E-state index in [2.05, 4.69) is 25.3 Å². The van der Waals surface area contributed by atoms with Crippen LogP contribution in [0.15, 0.2) is 30.7 Å².